The molecule has 1 aromatic rings. The molecule has 0 saturated heterocycles. The first-order valence-electron chi connectivity index (χ1n) is 7.30. The maximum absolute atomic E-state index is 12.9. The predicted molar refractivity (Wildman–Crippen MR) is 86.6 cm³/mol. The van der Waals surface area contributed by atoms with Crippen LogP contribution in [0, 0.1) is 0 Å². The Morgan fingerprint density at radius 1 is 1.29 bits per heavy atom. The van der Waals surface area contributed by atoms with Crippen LogP contribution in [0.1, 0.15) is 36.0 Å². The summed E-state index contributed by atoms with van der Waals surface area (Å²) >= 11 is 3.45. The Kier molecular flexibility index (Phi) is 5.91. The molecule has 0 heterocycles. The molecule has 1 saturated carbocycles. The molecule has 2 rings (SSSR count). The minimum absolute atomic E-state index is 0.0251. The number of halogens is 1. The van der Waals surface area contributed by atoms with Gasteiger partial charge in [-0.2, -0.15) is 0 Å². The van der Waals surface area contributed by atoms with Crippen LogP contribution in [-0.4, -0.2) is 42.9 Å². The van der Waals surface area contributed by atoms with Crippen molar-refractivity contribution in [3.8, 4) is 11.5 Å². The van der Waals surface area contributed by atoms with E-state index in [9.17, 15) is 4.79 Å². The SMILES string of the molecule is COc1ccc(OC)c(C(=O)N(CCBr)C2CCCC2)c1. The third-order valence-electron chi connectivity index (χ3n) is 3.99. The van der Waals surface area contributed by atoms with Gasteiger partial charge >= 0.3 is 0 Å². The van der Waals surface area contributed by atoms with Crippen LogP contribution in [0.4, 0.5) is 0 Å². The Balaban J connectivity index is 2.30. The second-order valence-corrected chi connectivity index (χ2v) is 5.99. The summed E-state index contributed by atoms with van der Waals surface area (Å²) < 4.78 is 10.6. The van der Waals surface area contributed by atoms with E-state index in [1.54, 1.807) is 32.4 Å². The quantitative estimate of drug-likeness (QED) is 0.733. The third-order valence-corrected chi connectivity index (χ3v) is 4.34. The lowest BCUT2D eigenvalue weighted by Gasteiger charge is -2.29. The minimum atomic E-state index is 0.0251. The van der Waals surface area contributed by atoms with Gasteiger partial charge in [0.25, 0.3) is 5.91 Å². The van der Waals surface area contributed by atoms with Gasteiger partial charge in [-0.15, -0.1) is 0 Å². The highest BCUT2D eigenvalue weighted by atomic mass is 79.9. The molecule has 0 N–H and O–H groups in total. The van der Waals surface area contributed by atoms with Gasteiger partial charge in [-0.05, 0) is 31.0 Å². The monoisotopic (exact) mass is 355 g/mol. The smallest absolute Gasteiger partial charge is 0.258 e. The molecule has 1 fully saturated rings. The van der Waals surface area contributed by atoms with Crippen molar-refractivity contribution < 1.29 is 14.3 Å². The number of benzene rings is 1. The average molecular weight is 356 g/mol. The molecular weight excluding hydrogens is 334 g/mol. The number of carbonyl (C=O) groups excluding carboxylic acids is 1. The Hall–Kier alpha value is -1.23. The lowest BCUT2D eigenvalue weighted by atomic mass is 10.1. The number of amides is 1. The first kappa shape index (κ1) is 16.1. The first-order chi connectivity index (χ1) is 10.2. The van der Waals surface area contributed by atoms with Crippen LogP contribution in [0.2, 0.25) is 0 Å². The molecule has 4 nitrogen and oxygen atoms in total. The molecule has 0 aliphatic heterocycles. The number of ether oxygens (including phenoxy) is 2. The Morgan fingerprint density at radius 2 is 2.00 bits per heavy atom. The van der Waals surface area contributed by atoms with Crippen molar-refractivity contribution in [2.45, 2.75) is 31.7 Å². The molecule has 0 spiro atoms. The summed E-state index contributed by atoms with van der Waals surface area (Å²) in [4.78, 5) is 14.9. The number of hydrogen-bond acceptors (Lipinski definition) is 3. The topological polar surface area (TPSA) is 38.8 Å². The van der Waals surface area contributed by atoms with Crippen molar-refractivity contribution in [2.24, 2.45) is 0 Å². The van der Waals surface area contributed by atoms with Crippen LogP contribution < -0.4 is 9.47 Å². The van der Waals surface area contributed by atoms with Crippen LogP contribution in [0.25, 0.3) is 0 Å². The van der Waals surface area contributed by atoms with Gasteiger partial charge in [-0.3, -0.25) is 4.79 Å². The molecule has 21 heavy (non-hydrogen) atoms. The van der Waals surface area contributed by atoms with Crippen LogP contribution in [0.3, 0.4) is 0 Å². The number of methoxy groups -OCH3 is 2. The maximum Gasteiger partial charge on any atom is 0.258 e. The average Bonchev–Trinajstić information content (AvgIpc) is 3.05. The van der Waals surface area contributed by atoms with E-state index in [4.69, 9.17) is 9.47 Å². The molecule has 1 aliphatic carbocycles. The van der Waals surface area contributed by atoms with E-state index < -0.39 is 0 Å². The molecule has 0 aromatic heterocycles. The number of carbonyl (C=O) groups is 1. The molecule has 1 aromatic carbocycles. The molecule has 0 atom stereocenters. The summed E-state index contributed by atoms with van der Waals surface area (Å²) in [6.07, 6.45) is 4.58. The molecule has 0 radical (unpaired) electrons. The fraction of sp³-hybridized carbons (Fsp3) is 0.562. The standard InChI is InChI=1S/C16H22BrNO3/c1-20-13-7-8-15(21-2)14(11-13)16(19)18(10-9-17)12-5-3-4-6-12/h7-8,11-12H,3-6,9-10H2,1-2H3. The number of alkyl halides is 1. The third kappa shape index (κ3) is 3.70. The van der Waals surface area contributed by atoms with Crippen molar-refractivity contribution in [2.75, 3.05) is 26.1 Å². The summed E-state index contributed by atoms with van der Waals surface area (Å²) in [6.45, 7) is 0.712. The highest BCUT2D eigenvalue weighted by Crippen LogP contribution is 2.29. The lowest BCUT2D eigenvalue weighted by molar-refractivity contribution is 0.0692. The summed E-state index contributed by atoms with van der Waals surface area (Å²) in [5.74, 6) is 1.29. The van der Waals surface area contributed by atoms with Gasteiger partial charge in [-0.25, -0.2) is 0 Å². The van der Waals surface area contributed by atoms with Crippen molar-refractivity contribution in [3.05, 3.63) is 23.8 Å². The predicted octanol–water partition coefficient (Wildman–Crippen LogP) is 3.48. The lowest BCUT2D eigenvalue weighted by Crippen LogP contribution is -2.40. The largest absolute Gasteiger partial charge is 0.497 e. The Bertz CT molecular complexity index is 486. The van der Waals surface area contributed by atoms with Gasteiger partial charge in [0.05, 0.1) is 19.8 Å². The highest BCUT2D eigenvalue weighted by Gasteiger charge is 2.28. The van der Waals surface area contributed by atoms with E-state index in [1.807, 2.05) is 4.90 Å². The van der Waals surface area contributed by atoms with Gasteiger partial charge in [0.2, 0.25) is 0 Å². The molecule has 0 unspecified atom stereocenters. The summed E-state index contributed by atoms with van der Waals surface area (Å²) in [5, 5.41) is 0.779. The highest BCUT2D eigenvalue weighted by molar-refractivity contribution is 9.09. The molecule has 0 bridgehead atoms. The molecule has 1 aliphatic rings. The van der Waals surface area contributed by atoms with Crippen LogP contribution >= 0.6 is 15.9 Å². The van der Waals surface area contributed by atoms with Gasteiger partial charge < -0.3 is 14.4 Å². The number of rotatable bonds is 6. The van der Waals surface area contributed by atoms with Crippen LogP contribution in [-0.2, 0) is 0 Å². The van der Waals surface area contributed by atoms with Crippen molar-refractivity contribution in [1.82, 2.24) is 4.90 Å². The molecule has 5 heteroatoms. The maximum atomic E-state index is 12.9. The zero-order chi connectivity index (χ0) is 15.2. The van der Waals surface area contributed by atoms with E-state index in [2.05, 4.69) is 15.9 Å². The zero-order valence-electron chi connectivity index (χ0n) is 12.6. The van der Waals surface area contributed by atoms with E-state index >= 15 is 0 Å². The minimum Gasteiger partial charge on any atom is -0.497 e. The summed E-state index contributed by atoms with van der Waals surface area (Å²) in [7, 11) is 3.19. The number of hydrogen-bond donors (Lipinski definition) is 0. The fourth-order valence-corrected chi connectivity index (χ4v) is 3.27. The molecule has 1 amide bonds. The van der Waals surface area contributed by atoms with Gasteiger partial charge in [0.15, 0.2) is 0 Å². The first-order valence-corrected chi connectivity index (χ1v) is 8.42. The van der Waals surface area contributed by atoms with Gasteiger partial charge in [0, 0.05) is 17.9 Å². The van der Waals surface area contributed by atoms with E-state index in [1.165, 1.54) is 12.8 Å². The van der Waals surface area contributed by atoms with Gasteiger partial charge in [0.1, 0.15) is 11.5 Å². The zero-order valence-corrected chi connectivity index (χ0v) is 14.2. The van der Waals surface area contributed by atoms with E-state index in [0.29, 0.717) is 29.6 Å². The second-order valence-electron chi connectivity index (χ2n) is 5.19. The fourth-order valence-electron chi connectivity index (χ4n) is 2.89. The molecule has 116 valence electrons. The summed E-state index contributed by atoms with van der Waals surface area (Å²) in [5.41, 5.74) is 0.574. The van der Waals surface area contributed by atoms with Crippen molar-refractivity contribution in [3.63, 3.8) is 0 Å². The molecular formula is C16H22BrNO3. The number of nitrogens with zero attached hydrogens (tertiary/aromatic N) is 1. The van der Waals surface area contributed by atoms with Crippen molar-refractivity contribution in [1.29, 1.82) is 0 Å². The van der Waals surface area contributed by atoms with Crippen molar-refractivity contribution >= 4 is 21.8 Å². The van der Waals surface area contributed by atoms with E-state index in [-0.39, 0.29) is 5.91 Å². The van der Waals surface area contributed by atoms with Gasteiger partial charge in [-0.1, -0.05) is 28.8 Å². The second kappa shape index (κ2) is 7.69. The normalized spacial score (nSPS) is 15.0. The van der Waals surface area contributed by atoms with E-state index in [0.717, 1.165) is 18.2 Å². The van der Waals surface area contributed by atoms with Crippen LogP contribution in [0.15, 0.2) is 18.2 Å². The summed E-state index contributed by atoms with van der Waals surface area (Å²) in [6, 6.07) is 5.69. The Morgan fingerprint density at radius 3 is 2.57 bits per heavy atom. The van der Waals surface area contributed by atoms with Crippen LogP contribution in [0.5, 0.6) is 11.5 Å². The Labute approximate surface area is 134 Å².